The number of anilines is 1. The first-order valence-corrected chi connectivity index (χ1v) is 12.3. The van der Waals surface area contributed by atoms with E-state index in [0.29, 0.717) is 17.9 Å². The average molecular weight is 536 g/mol. The number of aromatic nitrogens is 4. The Morgan fingerprint density at radius 2 is 1.67 bits per heavy atom. The van der Waals surface area contributed by atoms with Gasteiger partial charge in [-0.05, 0) is 52.9 Å². The normalized spacial score (nSPS) is 13.4. The van der Waals surface area contributed by atoms with E-state index in [2.05, 4.69) is 15.6 Å². The van der Waals surface area contributed by atoms with Crippen molar-refractivity contribution in [1.29, 1.82) is 0 Å². The van der Waals surface area contributed by atoms with Crippen molar-refractivity contribution in [1.82, 2.24) is 20.0 Å². The maximum absolute atomic E-state index is 13.6. The van der Waals surface area contributed by atoms with Crippen LogP contribution < -0.4 is 5.32 Å². The van der Waals surface area contributed by atoms with Gasteiger partial charge >= 0.3 is 6.18 Å². The van der Waals surface area contributed by atoms with Gasteiger partial charge in [-0.3, -0.25) is 0 Å². The summed E-state index contributed by atoms with van der Waals surface area (Å²) in [6.07, 6.45) is -4.36. The number of hydrogen-bond acceptors (Lipinski definition) is 5. The van der Waals surface area contributed by atoms with E-state index in [1.165, 1.54) is 23.7 Å². The lowest BCUT2D eigenvalue weighted by Gasteiger charge is -2.26. The van der Waals surface area contributed by atoms with Crippen LogP contribution in [0.1, 0.15) is 30.2 Å². The lowest BCUT2D eigenvalue weighted by atomic mass is 9.96. The number of pyridine rings is 1. The van der Waals surface area contributed by atoms with E-state index in [1.54, 1.807) is 12.1 Å². The van der Waals surface area contributed by atoms with Crippen molar-refractivity contribution in [2.45, 2.75) is 38.2 Å². The molecule has 10 heteroatoms. The number of halogens is 4. The third-order valence-electron chi connectivity index (χ3n) is 6.63. The Balaban J connectivity index is 1.49. The average Bonchev–Trinajstić information content (AvgIpc) is 3.40. The van der Waals surface area contributed by atoms with Crippen molar-refractivity contribution in [3.05, 3.63) is 108 Å². The van der Waals surface area contributed by atoms with Crippen molar-refractivity contribution in [2.24, 2.45) is 0 Å². The lowest BCUT2D eigenvalue weighted by molar-refractivity contribution is -0.269. The van der Waals surface area contributed by atoms with Gasteiger partial charge in [0.1, 0.15) is 17.3 Å². The second kappa shape index (κ2) is 10.5. The van der Waals surface area contributed by atoms with Crippen LogP contribution in [0.3, 0.4) is 0 Å². The van der Waals surface area contributed by atoms with Crippen LogP contribution in [-0.4, -0.2) is 31.3 Å². The summed E-state index contributed by atoms with van der Waals surface area (Å²) < 4.78 is 55.2. The fraction of sp³-hybridized carbons (Fsp3) is 0.207. The molecule has 0 fully saturated rings. The highest BCUT2D eigenvalue weighted by Crippen LogP contribution is 2.40. The summed E-state index contributed by atoms with van der Waals surface area (Å²) in [5, 5.41) is 21.8. The molecule has 0 unspecified atom stereocenters. The summed E-state index contributed by atoms with van der Waals surface area (Å²) in [6, 6.07) is 23.5. The van der Waals surface area contributed by atoms with Crippen molar-refractivity contribution in [3.63, 3.8) is 0 Å². The third kappa shape index (κ3) is 5.46. The first kappa shape index (κ1) is 26.3. The topological polar surface area (TPSA) is 75.9 Å². The van der Waals surface area contributed by atoms with Crippen LogP contribution in [0, 0.1) is 5.82 Å². The number of rotatable bonds is 8. The zero-order valence-electron chi connectivity index (χ0n) is 21.0. The molecule has 0 aliphatic carbocycles. The number of fused-ring (bicyclic) bond motifs is 1. The zero-order chi connectivity index (χ0) is 27.6. The number of hydrogen-bond donors (Lipinski definition) is 2. The van der Waals surface area contributed by atoms with E-state index in [-0.39, 0.29) is 12.4 Å². The Hall–Kier alpha value is -4.31. The minimum Gasteiger partial charge on any atom is -0.375 e. The largest absolute Gasteiger partial charge is 0.423 e. The van der Waals surface area contributed by atoms with E-state index in [1.807, 2.05) is 54.6 Å². The van der Waals surface area contributed by atoms with Crippen LogP contribution in [0.4, 0.5) is 23.4 Å². The number of benzene rings is 3. The van der Waals surface area contributed by atoms with Crippen molar-refractivity contribution in [2.75, 3.05) is 5.32 Å². The maximum Gasteiger partial charge on any atom is 0.423 e. The number of nitrogens with one attached hydrogen (secondary N) is 1. The maximum atomic E-state index is 13.6. The predicted octanol–water partition coefficient (Wildman–Crippen LogP) is 6.45. The molecule has 5 aromatic rings. The minimum atomic E-state index is -4.88. The molecule has 0 amide bonds. The zero-order valence-corrected chi connectivity index (χ0v) is 21.0. The van der Waals surface area contributed by atoms with Gasteiger partial charge in [-0.25, -0.2) is 14.1 Å². The Labute approximate surface area is 221 Å². The van der Waals surface area contributed by atoms with Crippen LogP contribution >= 0.6 is 0 Å². The van der Waals surface area contributed by atoms with Gasteiger partial charge in [0.15, 0.2) is 0 Å². The standard InChI is InChI=1S/C29H25F4N5O/c1-2-28(39,29(31,32)33)26-18-38(37-36-26)17-20-8-13-23-24(21-9-11-22(30)12-10-21)15-27(35-25(23)14-20)34-16-19-6-4-3-5-7-19/h3-15,18,39H,2,16-17H2,1H3,(H,34,35)/t28-/m0/s1. The van der Waals surface area contributed by atoms with Crippen LogP contribution in [-0.2, 0) is 18.7 Å². The van der Waals surface area contributed by atoms with Gasteiger partial charge in [0.05, 0.1) is 18.3 Å². The molecule has 2 aromatic heterocycles. The Morgan fingerprint density at radius 1 is 0.923 bits per heavy atom. The molecule has 2 N–H and O–H groups in total. The van der Waals surface area contributed by atoms with Gasteiger partial charge in [0.2, 0.25) is 5.60 Å². The molecule has 0 bridgehead atoms. The minimum absolute atomic E-state index is 0.121. The molecule has 1 atom stereocenters. The highest BCUT2D eigenvalue weighted by molar-refractivity contribution is 5.96. The number of alkyl halides is 3. The Kier molecular flexibility index (Phi) is 7.05. The van der Waals surface area contributed by atoms with Crippen LogP contribution in [0.15, 0.2) is 85.1 Å². The molecule has 2 heterocycles. The van der Waals surface area contributed by atoms with E-state index >= 15 is 0 Å². The number of nitrogens with zero attached hydrogens (tertiary/aromatic N) is 4. The van der Waals surface area contributed by atoms with Gasteiger partial charge < -0.3 is 10.4 Å². The van der Waals surface area contributed by atoms with Gasteiger partial charge in [0.25, 0.3) is 0 Å². The Morgan fingerprint density at radius 3 is 2.36 bits per heavy atom. The highest BCUT2D eigenvalue weighted by Gasteiger charge is 2.55. The predicted molar refractivity (Wildman–Crippen MR) is 140 cm³/mol. The summed E-state index contributed by atoms with van der Waals surface area (Å²) >= 11 is 0. The SMILES string of the molecule is CC[C@](O)(c1cn(Cc2ccc3c(-c4ccc(F)cc4)cc(NCc4ccccc4)nc3c2)nn1)C(F)(F)F. The number of aliphatic hydroxyl groups is 1. The van der Waals surface area contributed by atoms with Crippen LogP contribution in [0.2, 0.25) is 0 Å². The monoisotopic (exact) mass is 535 g/mol. The lowest BCUT2D eigenvalue weighted by Crippen LogP contribution is -2.42. The summed E-state index contributed by atoms with van der Waals surface area (Å²) in [6.45, 7) is 1.91. The quantitative estimate of drug-likeness (QED) is 0.223. The molecule has 0 aliphatic rings. The molecule has 0 radical (unpaired) electrons. The van der Waals surface area contributed by atoms with Crippen molar-refractivity contribution >= 4 is 16.7 Å². The summed E-state index contributed by atoms with van der Waals surface area (Å²) in [7, 11) is 0. The molecule has 0 saturated carbocycles. The first-order chi connectivity index (χ1) is 18.7. The van der Waals surface area contributed by atoms with E-state index in [9.17, 15) is 22.7 Å². The molecule has 3 aromatic carbocycles. The van der Waals surface area contributed by atoms with Crippen LogP contribution in [0.5, 0.6) is 0 Å². The molecule has 0 aliphatic heterocycles. The molecular formula is C29H25F4N5O. The Bertz CT molecular complexity index is 1590. The fourth-order valence-electron chi connectivity index (χ4n) is 4.40. The smallest absolute Gasteiger partial charge is 0.375 e. The van der Waals surface area contributed by atoms with E-state index < -0.39 is 23.9 Å². The van der Waals surface area contributed by atoms with E-state index in [0.717, 1.165) is 33.8 Å². The van der Waals surface area contributed by atoms with Gasteiger partial charge in [-0.1, -0.05) is 66.7 Å². The van der Waals surface area contributed by atoms with Gasteiger partial charge in [-0.15, -0.1) is 5.10 Å². The molecule has 5 rings (SSSR count). The van der Waals surface area contributed by atoms with Crippen LogP contribution in [0.25, 0.3) is 22.0 Å². The molecule has 6 nitrogen and oxygen atoms in total. The third-order valence-corrected chi connectivity index (χ3v) is 6.63. The van der Waals surface area contributed by atoms with Crippen molar-refractivity contribution in [3.8, 4) is 11.1 Å². The molecule has 39 heavy (non-hydrogen) atoms. The summed E-state index contributed by atoms with van der Waals surface area (Å²) in [5.74, 6) is 0.276. The second-order valence-electron chi connectivity index (χ2n) is 9.27. The molecule has 0 saturated heterocycles. The van der Waals surface area contributed by atoms with E-state index in [4.69, 9.17) is 4.98 Å². The molecule has 0 spiro atoms. The summed E-state index contributed by atoms with van der Waals surface area (Å²) in [4.78, 5) is 4.77. The highest BCUT2D eigenvalue weighted by atomic mass is 19.4. The second-order valence-corrected chi connectivity index (χ2v) is 9.27. The fourth-order valence-corrected chi connectivity index (χ4v) is 4.40. The molecule has 200 valence electrons. The van der Waals surface area contributed by atoms with Gasteiger partial charge in [0, 0.05) is 11.9 Å². The first-order valence-electron chi connectivity index (χ1n) is 12.3. The van der Waals surface area contributed by atoms with Gasteiger partial charge in [-0.2, -0.15) is 13.2 Å². The summed E-state index contributed by atoms with van der Waals surface area (Å²) in [5.41, 5.74) is 0.482. The van der Waals surface area contributed by atoms with Crippen molar-refractivity contribution < 1.29 is 22.7 Å². The molecular weight excluding hydrogens is 510 g/mol.